The Morgan fingerprint density at radius 3 is 0.788 bits per heavy atom. The Bertz CT molecular complexity index is 2090. The van der Waals surface area contributed by atoms with Crippen LogP contribution in [0, 0.1) is 11.8 Å². The number of carbonyl (C=O) groups is 4. The van der Waals surface area contributed by atoms with Gasteiger partial charge in [0.05, 0.1) is 26.4 Å². The lowest BCUT2D eigenvalue weighted by atomic mass is 10.0. The van der Waals surface area contributed by atoms with E-state index in [1.807, 2.05) is 0 Å². The predicted octanol–water partition coefficient (Wildman–Crippen LogP) is 25.4. The van der Waals surface area contributed by atoms with Crippen molar-refractivity contribution in [2.24, 2.45) is 11.8 Å². The first-order chi connectivity index (χ1) is 50.4. The van der Waals surface area contributed by atoms with Crippen LogP contribution in [-0.4, -0.2) is 96.7 Å². The number of aliphatic hydroxyl groups is 1. The highest BCUT2D eigenvalue weighted by Gasteiger charge is 2.30. The highest BCUT2D eigenvalue weighted by molar-refractivity contribution is 7.47. The summed E-state index contributed by atoms with van der Waals surface area (Å²) in [6.07, 6.45) is 70.1. The van der Waals surface area contributed by atoms with Crippen LogP contribution < -0.4 is 0 Å². The molecule has 19 heteroatoms. The number of phosphoric acid groups is 2. The van der Waals surface area contributed by atoms with Gasteiger partial charge in [-0.1, -0.05) is 374 Å². The summed E-state index contributed by atoms with van der Waals surface area (Å²) in [5, 5.41) is 10.7. The zero-order valence-electron chi connectivity index (χ0n) is 67.8. The molecule has 0 rings (SSSR count). The van der Waals surface area contributed by atoms with Gasteiger partial charge in [0, 0.05) is 25.7 Å². The van der Waals surface area contributed by atoms with Gasteiger partial charge in [-0.05, 0) is 63.2 Å². The zero-order valence-corrected chi connectivity index (χ0v) is 69.6. The molecule has 0 aliphatic rings. The van der Waals surface area contributed by atoms with Crippen LogP contribution in [0.15, 0.2) is 24.3 Å². The topological polar surface area (TPSA) is 237 Å². The van der Waals surface area contributed by atoms with Crippen molar-refractivity contribution in [2.45, 2.75) is 445 Å². The average Bonchev–Trinajstić information content (AvgIpc) is 0.915. The zero-order chi connectivity index (χ0) is 76.4. The van der Waals surface area contributed by atoms with E-state index in [0.717, 1.165) is 115 Å². The summed E-state index contributed by atoms with van der Waals surface area (Å²) in [4.78, 5) is 73.2. The smallest absolute Gasteiger partial charge is 0.462 e. The van der Waals surface area contributed by atoms with E-state index in [4.69, 9.17) is 37.0 Å². The fourth-order valence-corrected chi connectivity index (χ4v) is 14.3. The summed E-state index contributed by atoms with van der Waals surface area (Å²) in [5.74, 6) is -0.524. The van der Waals surface area contributed by atoms with Gasteiger partial charge < -0.3 is 33.8 Å². The molecule has 3 N–H and O–H groups in total. The van der Waals surface area contributed by atoms with Crippen molar-refractivity contribution in [2.75, 3.05) is 39.6 Å². The molecule has 0 aromatic carbocycles. The summed E-state index contributed by atoms with van der Waals surface area (Å²) in [6, 6.07) is 0. The van der Waals surface area contributed by atoms with Crippen molar-refractivity contribution < 1.29 is 80.2 Å². The van der Waals surface area contributed by atoms with Gasteiger partial charge in [-0.3, -0.25) is 37.3 Å². The van der Waals surface area contributed by atoms with Crippen LogP contribution in [0.25, 0.3) is 0 Å². The Morgan fingerprint density at radius 1 is 0.298 bits per heavy atom. The fraction of sp³-hybridized carbons (Fsp3) is 0.906. The van der Waals surface area contributed by atoms with E-state index in [2.05, 4.69) is 65.8 Å². The Balaban J connectivity index is 5.28. The first-order valence-corrected chi connectivity index (χ1v) is 46.3. The molecule has 0 aromatic rings. The molecule has 104 heavy (non-hydrogen) atoms. The van der Waals surface area contributed by atoms with Gasteiger partial charge in [-0.15, -0.1) is 0 Å². The second-order valence-electron chi connectivity index (χ2n) is 30.8. The molecule has 2 unspecified atom stereocenters. The second kappa shape index (κ2) is 75.9. The normalized spacial score (nSPS) is 14.0. The molecule has 614 valence electrons. The lowest BCUT2D eigenvalue weighted by molar-refractivity contribution is -0.161. The lowest BCUT2D eigenvalue weighted by Gasteiger charge is -2.21. The molecule has 0 heterocycles. The third kappa shape index (κ3) is 77.7. The van der Waals surface area contributed by atoms with Crippen molar-refractivity contribution in [1.82, 2.24) is 0 Å². The Labute approximate surface area is 637 Å². The van der Waals surface area contributed by atoms with Gasteiger partial charge in [-0.2, -0.15) is 0 Å². The maximum absolute atomic E-state index is 13.1. The molecule has 0 spiro atoms. The van der Waals surface area contributed by atoms with E-state index in [-0.39, 0.29) is 25.7 Å². The predicted molar refractivity (Wildman–Crippen MR) is 427 cm³/mol. The summed E-state index contributed by atoms with van der Waals surface area (Å²) in [5.41, 5.74) is 0. The minimum absolute atomic E-state index is 0.0856. The largest absolute Gasteiger partial charge is 0.472 e. The van der Waals surface area contributed by atoms with Crippen LogP contribution in [0.1, 0.15) is 427 Å². The molecule has 0 aromatic heterocycles. The van der Waals surface area contributed by atoms with Crippen molar-refractivity contribution in [3.8, 4) is 0 Å². The first-order valence-electron chi connectivity index (χ1n) is 43.3. The number of hydrogen-bond acceptors (Lipinski definition) is 15. The quantitative estimate of drug-likeness (QED) is 0.0169. The van der Waals surface area contributed by atoms with E-state index < -0.39 is 97.5 Å². The Hall–Kier alpha value is -2.46. The van der Waals surface area contributed by atoms with Crippen LogP contribution in [0.2, 0.25) is 0 Å². The molecule has 0 radical (unpaired) electrons. The molecule has 0 aliphatic carbocycles. The molecule has 0 saturated carbocycles. The highest BCUT2D eigenvalue weighted by Crippen LogP contribution is 2.45. The minimum Gasteiger partial charge on any atom is -0.462 e. The van der Waals surface area contributed by atoms with E-state index in [0.29, 0.717) is 25.7 Å². The van der Waals surface area contributed by atoms with E-state index in [1.54, 1.807) is 0 Å². The van der Waals surface area contributed by atoms with Gasteiger partial charge in [0.25, 0.3) is 0 Å². The summed E-state index contributed by atoms with van der Waals surface area (Å²) in [6.45, 7) is 9.65. The fourth-order valence-electron chi connectivity index (χ4n) is 12.7. The van der Waals surface area contributed by atoms with E-state index in [1.165, 1.54) is 231 Å². The van der Waals surface area contributed by atoms with Crippen molar-refractivity contribution in [3.05, 3.63) is 24.3 Å². The second-order valence-corrected chi connectivity index (χ2v) is 33.7. The van der Waals surface area contributed by atoms with E-state index in [9.17, 15) is 43.2 Å². The molecule has 0 saturated heterocycles. The van der Waals surface area contributed by atoms with Crippen LogP contribution in [0.3, 0.4) is 0 Å². The van der Waals surface area contributed by atoms with E-state index >= 15 is 0 Å². The first kappa shape index (κ1) is 102. The molecular weight excluding hydrogens is 1350 g/mol. The third-order valence-electron chi connectivity index (χ3n) is 19.3. The summed E-state index contributed by atoms with van der Waals surface area (Å²) < 4.78 is 68.8. The average molecular weight is 1520 g/mol. The van der Waals surface area contributed by atoms with Gasteiger partial charge >= 0.3 is 39.5 Å². The molecular formula is C85H162O17P2. The number of hydrogen-bond donors (Lipinski definition) is 3. The SMILES string of the molecule is CCCCCC/C=C\C=C/CCCCCCCC(=O)O[C@H](COC(=O)CCCCCCCCCCCCCC)COP(=O)(O)OC[C@H](O)COP(=O)(O)OC[C@@H](COC(=O)CCCCCCCCCCCCCCCC(C)C)OC(=O)CCCCCCCCCCCCCCCCCCCCC(C)C. The van der Waals surface area contributed by atoms with Gasteiger partial charge in [-0.25, -0.2) is 9.13 Å². The molecule has 17 nitrogen and oxygen atoms in total. The Kier molecular flexibility index (Phi) is 74.1. The van der Waals surface area contributed by atoms with Gasteiger partial charge in [0.2, 0.25) is 0 Å². The van der Waals surface area contributed by atoms with Crippen molar-refractivity contribution >= 4 is 39.5 Å². The number of allylic oxidation sites excluding steroid dienone is 4. The van der Waals surface area contributed by atoms with Gasteiger partial charge in [0.1, 0.15) is 19.3 Å². The number of rotatable bonds is 82. The van der Waals surface area contributed by atoms with Crippen molar-refractivity contribution in [3.63, 3.8) is 0 Å². The lowest BCUT2D eigenvalue weighted by Crippen LogP contribution is -2.30. The maximum Gasteiger partial charge on any atom is 0.472 e. The third-order valence-corrected chi connectivity index (χ3v) is 21.2. The monoisotopic (exact) mass is 1520 g/mol. The minimum atomic E-state index is -4.97. The summed E-state index contributed by atoms with van der Waals surface area (Å²) >= 11 is 0. The number of ether oxygens (including phenoxy) is 4. The molecule has 0 amide bonds. The van der Waals surface area contributed by atoms with Crippen LogP contribution >= 0.6 is 15.6 Å². The Morgan fingerprint density at radius 2 is 0.519 bits per heavy atom. The molecule has 0 fully saturated rings. The maximum atomic E-state index is 13.1. The standard InChI is InChI=1S/C85H162O17P2/c1-7-9-11-13-15-17-19-21-26-32-39-45-51-57-63-69-84(89)101-80(73-95-82(87)67-61-55-49-43-37-20-18-16-14-12-10-8-2)75-99-103(91,92)97-71-79(86)72-98-104(93,94)100-76-81(74-96-83(88)68-62-56-50-44-38-34-29-31-36-42-48-54-60-66-78(5)6)102-85(90)70-64-58-52-46-40-33-28-25-23-22-24-27-30-35-41-47-53-59-65-77(3)4/h17,19,21,26,77-81,86H,7-16,18,20,22-25,27-76H2,1-6H3,(H,91,92)(H,93,94)/b19-17-,26-21-/t79-,80+,81+/m0/s1. The number of phosphoric ester groups is 2. The highest BCUT2D eigenvalue weighted by atomic mass is 31.2. The number of esters is 4. The molecule has 0 bridgehead atoms. The number of unbranched alkanes of at least 4 members (excludes halogenated alkanes) is 49. The molecule has 5 atom stereocenters. The van der Waals surface area contributed by atoms with Gasteiger partial charge in [0.15, 0.2) is 12.2 Å². The molecule has 0 aliphatic heterocycles. The van der Waals surface area contributed by atoms with Crippen LogP contribution in [0.5, 0.6) is 0 Å². The van der Waals surface area contributed by atoms with Crippen LogP contribution in [0.4, 0.5) is 0 Å². The van der Waals surface area contributed by atoms with Crippen LogP contribution in [-0.2, 0) is 65.4 Å². The number of carbonyl (C=O) groups excluding carboxylic acids is 4. The summed E-state index contributed by atoms with van der Waals surface area (Å²) in [7, 11) is -9.94. The van der Waals surface area contributed by atoms with Crippen molar-refractivity contribution in [1.29, 1.82) is 0 Å². The number of aliphatic hydroxyl groups excluding tert-OH is 1.